The first-order valence-corrected chi connectivity index (χ1v) is 7.52. The van der Waals surface area contributed by atoms with E-state index in [2.05, 4.69) is 6.92 Å². The van der Waals surface area contributed by atoms with Gasteiger partial charge in [-0.15, -0.1) is 0 Å². The maximum atomic E-state index is 14.0. The lowest BCUT2D eigenvalue weighted by atomic mass is 9.78. The highest BCUT2D eigenvalue weighted by molar-refractivity contribution is 6.62. The third kappa shape index (κ3) is 4.40. The van der Waals surface area contributed by atoms with Crippen molar-refractivity contribution in [2.75, 3.05) is 26.4 Å². The van der Waals surface area contributed by atoms with Gasteiger partial charge >= 0.3 is 7.12 Å². The number of nitro groups is 1. The molecule has 1 aliphatic heterocycles. The van der Waals surface area contributed by atoms with Gasteiger partial charge in [0.25, 0.3) is 0 Å². The number of rotatable bonds is 9. The van der Waals surface area contributed by atoms with Crippen LogP contribution in [-0.2, 0) is 9.39 Å². The summed E-state index contributed by atoms with van der Waals surface area (Å²) in [4.78, 5) is 10.0. The van der Waals surface area contributed by atoms with Crippen LogP contribution in [0.3, 0.4) is 0 Å². The van der Waals surface area contributed by atoms with Crippen LogP contribution in [0.1, 0.15) is 31.4 Å². The van der Waals surface area contributed by atoms with Crippen LogP contribution in [0.15, 0.2) is 12.1 Å². The third-order valence-corrected chi connectivity index (χ3v) is 3.50. The normalized spacial score (nSPS) is 16.5. The minimum Gasteiger partial charge on any atom is -0.492 e. The Bertz CT molecular complexity index is 558. The molecule has 7 nitrogen and oxygen atoms in total. The number of hydrogen-bond donors (Lipinski definition) is 1. The van der Waals surface area contributed by atoms with Crippen molar-refractivity contribution < 1.29 is 28.5 Å². The molecule has 0 aliphatic carbocycles. The molecule has 1 unspecified atom stereocenters. The standard InChI is InChI=1S/C14H19BFNO6/c1-2-3-6-21-7-8-22-11-5-4-10(16)13-12(9-17(19)20)23-15(18)14(11)13/h4-5,12,18H,2-3,6-9H2,1H3. The summed E-state index contributed by atoms with van der Waals surface area (Å²) in [6.07, 6.45) is 0.869. The molecule has 126 valence electrons. The largest absolute Gasteiger partial charge is 0.496 e. The molecule has 2 rings (SSSR count). The van der Waals surface area contributed by atoms with Crippen molar-refractivity contribution in [1.82, 2.24) is 0 Å². The predicted octanol–water partition coefficient (Wildman–Crippen LogP) is 1.06. The van der Waals surface area contributed by atoms with Crippen LogP contribution in [0.2, 0.25) is 0 Å². The van der Waals surface area contributed by atoms with E-state index in [1.807, 2.05) is 0 Å². The van der Waals surface area contributed by atoms with Crippen molar-refractivity contribution in [1.29, 1.82) is 0 Å². The first kappa shape index (κ1) is 17.6. The van der Waals surface area contributed by atoms with E-state index in [4.69, 9.17) is 14.1 Å². The van der Waals surface area contributed by atoms with E-state index >= 15 is 0 Å². The molecule has 1 heterocycles. The molecule has 1 N–H and O–H groups in total. The number of unbranched alkanes of at least 4 members (excludes halogenated alkanes) is 1. The summed E-state index contributed by atoms with van der Waals surface area (Å²) >= 11 is 0. The molecular formula is C14H19BFNO6. The van der Waals surface area contributed by atoms with Crippen LogP contribution in [0.5, 0.6) is 5.75 Å². The predicted molar refractivity (Wildman–Crippen MR) is 80.9 cm³/mol. The third-order valence-electron chi connectivity index (χ3n) is 3.50. The lowest BCUT2D eigenvalue weighted by molar-refractivity contribution is -0.490. The van der Waals surface area contributed by atoms with Gasteiger partial charge in [-0.25, -0.2) is 4.39 Å². The van der Waals surface area contributed by atoms with Crippen molar-refractivity contribution in [2.24, 2.45) is 0 Å². The summed E-state index contributed by atoms with van der Waals surface area (Å²) in [7, 11) is -1.44. The van der Waals surface area contributed by atoms with Crippen molar-refractivity contribution in [3.8, 4) is 5.75 Å². The van der Waals surface area contributed by atoms with Crippen LogP contribution in [-0.4, -0.2) is 43.4 Å². The SMILES string of the molecule is CCCCOCCOc1ccc(F)c2c1B(O)OC2C[N+](=O)[O-]. The Morgan fingerprint density at radius 2 is 2.22 bits per heavy atom. The van der Waals surface area contributed by atoms with Gasteiger partial charge in [-0.3, -0.25) is 10.1 Å². The minimum absolute atomic E-state index is 0.0152. The lowest BCUT2D eigenvalue weighted by Crippen LogP contribution is -2.30. The summed E-state index contributed by atoms with van der Waals surface area (Å²) in [6, 6.07) is 2.53. The second kappa shape index (κ2) is 8.23. The number of fused-ring (bicyclic) bond motifs is 1. The van der Waals surface area contributed by atoms with Crippen LogP contribution in [0.25, 0.3) is 0 Å². The Kier molecular flexibility index (Phi) is 6.32. The summed E-state index contributed by atoms with van der Waals surface area (Å²) < 4.78 is 29.9. The number of hydrogen-bond acceptors (Lipinski definition) is 6. The van der Waals surface area contributed by atoms with Gasteiger partial charge in [0.15, 0.2) is 0 Å². The topological polar surface area (TPSA) is 91.1 Å². The number of nitrogens with zero attached hydrogens (tertiary/aromatic N) is 1. The van der Waals surface area contributed by atoms with Gasteiger partial charge in [-0.1, -0.05) is 13.3 Å². The van der Waals surface area contributed by atoms with Crippen molar-refractivity contribution in [3.63, 3.8) is 0 Å². The molecule has 0 amide bonds. The maximum Gasteiger partial charge on any atom is 0.496 e. The van der Waals surface area contributed by atoms with Crippen LogP contribution >= 0.6 is 0 Å². The molecule has 0 spiro atoms. The van der Waals surface area contributed by atoms with Crippen LogP contribution < -0.4 is 10.2 Å². The molecule has 1 aliphatic rings. The zero-order valence-corrected chi connectivity index (χ0v) is 12.9. The quantitative estimate of drug-likeness (QED) is 0.316. The van der Waals surface area contributed by atoms with E-state index in [0.717, 1.165) is 18.9 Å². The highest BCUT2D eigenvalue weighted by atomic mass is 19.1. The zero-order chi connectivity index (χ0) is 16.8. The van der Waals surface area contributed by atoms with Gasteiger partial charge in [-0.2, -0.15) is 0 Å². The van der Waals surface area contributed by atoms with Crippen LogP contribution in [0.4, 0.5) is 4.39 Å². The molecule has 1 aromatic rings. The molecular weight excluding hydrogens is 308 g/mol. The molecule has 23 heavy (non-hydrogen) atoms. The van der Waals surface area contributed by atoms with Gasteiger partial charge < -0.3 is 19.2 Å². The van der Waals surface area contributed by atoms with Crippen LogP contribution in [0, 0.1) is 15.9 Å². The Balaban J connectivity index is 2.05. The Morgan fingerprint density at radius 3 is 2.91 bits per heavy atom. The molecule has 0 saturated heterocycles. The summed E-state index contributed by atoms with van der Waals surface area (Å²) in [6.45, 7) is 2.67. The van der Waals surface area contributed by atoms with Gasteiger partial charge in [-0.05, 0) is 18.6 Å². The van der Waals surface area contributed by atoms with E-state index in [1.165, 1.54) is 6.07 Å². The first-order valence-electron chi connectivity index (χ1n) is 7.52. The molecule has 0 fully saturated rings. The smallest absolute Gasteiger partial charge is 0.492 e. The fraction of sp³-hybridized carbons (Fsp3) is 0.571. The van der Waals surface area contributed by atoms with Crippen molar-refractivity contribution in [2.45, 2.75) is 25.9 Å². The van der Waals surface area contributed by atoms with Crippen molar-refractivity contribution >= 4 is 12.6 Å². The maximum absolute atomic E-state index is 14.0. The second-order valence-corrected chi connectivity index (χ2v) is 5.18. The number of halogens is 1. The van der Waals surface area contributed by atoms with Crippen molar-refractivity contribution in [3.05, 3.63) is 33.6 Å². The molecule has 1 aromatic carbocycles. The summed E-state index contributed by atoms with van der Waals surface area (Å²) in [5.41, 5.74) is 0.101. The van der Waals surface area contributed by atoms with Gasteiger partial charge in [0.05, 0.1) is 6.61 Å². The minimum atomic E-state index is -1.44. The highest BCUT2D eigenvalue weighted by Gasteiger charge is 2.42. The zero-order valence-electron chi connectivity index (χ0n) is 12.9. The molecule has 0 bridgehead atoms. The van der Waals surface area contributed by atoms with E-state index in [0.29, 0.717) is 13.2 Å². The first-order chi connectivity index (χ1) is 11.0. The van der Waals surface area contributed by atoms with Gasteiger partial charge in [0, 0.05) is 22.6 Å². The molecule has 0 aromatic heterocycles. The Labute approximate surface area is 133 Å². The summed E-state index contributed by atoms with van der Waals surface area (Å²) in [5, 5.41) is 20.6. The van der Waals surface area contributed by atoms with E-state index in [9.17, 15) is 19.5 Å². The molecule has 1 atom stereocenters. The van der Waals surface area contributed by atoms with E-state index in [1.54, 1.807) is 0 Å². The Hall–Kier alpha value is -1.71. The number of ether oxygens (including phenoxy) is 2. The summed E-state index contributed by atoms with van der Waals surface area (Å²) in [5.74, 6) is -0.409. The molecule has 0 radical (unpaired) electrons. The second-order valence-electron chi connectivity index (χ2n) is 5.18. The monoisotopic (exact) mass is 327 g/mol. The average Bonchev–Trinajstić information content (AvgIpc) is 2.82. The fourth-order valence-electron chi connectivity index (χ4n) is 2.42. The molecule has 0 saturated carbocycles. The van der Waals surface area contributed by atoms with E-state index < -0.39 is 30.5 Å². The van der Waals surface area contributed by atoms with E-state index in [-0.39, 0.29) is 23.4 Å². The highest BCUT2D eigenvalue weighted by Crippen LogP contribution is 2.30. The lowest BCUT2D eigenvalue weighted by Gasteiger charge is -2.12. The van der Waals surface area contributed by atoms with Gasteiger partial charge in [0.2, 0.25) is 6.54 Å². The fourth-order valence-corrected chi connectivity index (χ4v) is 2.42. The number of benzene rings is 1. The van der Waals surface area contributed by atoms with Gasteiger partial charge in [0.1, 0.15) is 24.3 Å². The molecule has 9 heteroatoms. The average molecular weight is 327 g/mol. The Morgan fingerprint density at radius 1 is 1.43 bits per heavy atom.